The average Bonchev–Trinajstić information content (AvgIpc) is 1.24. The molecule has 102 heavy (non-hydrogen) atoms. The first kappa shape index (κ1) is 85.0. The maximum Gasteiger partial charge on any atom is 0.311 e. The first-order valence-corrected chi connectivity index (χ1v) is 37.4. The van der Waals surface area contributed by atoms with Gasteiger partial charge < -0.3 is 64.8 Å². The van der Waals surface area contributed by atoms with E-state index in [0.717, 1.165) is 10.5 Å². The minimum atomic E-state index is -1.41. The standard InChI is InChI=1S/C76H124N12O14/c1-24-32-52-49(16)76(101)102-63(47(13)14)75(100)80(18)50(17)64(89)78-57(42(3)4)70(95)84(22)60(44(7)8)72(97)85(23)62(46(11)12)74(99)88-40-31-37-55(88)68(93)82(20)59(43(5)6)66(91)79-58(48(15)25-2)71(96)86-38-29-36-54(86)69(94)83(21)61(45(9)10)73(98)87-39-30-35-53(87)67(92)81(19)56(65(90)77-52)41-51-33-27-26-28-34-51/h26-28,33-34,42-50,52-63H,24-25,29-32,35-41H2,1-23H3,(H,77,90)(H,78,89)(H,79,91)/t48-,49?,50-,52?,53-,54-,55-,56-,57-,58-,59-,60?,61-,62-,63+/m0/s1. The van der Waals surface area contributed by atoms with Crippen molar-refractivity contribution in [3.8, 4) is 0 Å². The molecule has 1 aromatic rings. The van der Waals surface area contributed by atoms with E-state index < -0.39 is 203 Å². The van der Waals surface area contributed by atoms with Gasteiger partial charge in [-0.3, -0.25) is 62.3 Å². The van der Waals surface area contributed by atoms with Gasteiger partial charge in [0.25, 0.3) is 5.91 Å². The van der Waals surface area contributed by atoms with Crippen molar-refractivity contribution >= 4 is 76.9 Å². The molecular weight excluding hydrogens is 1300 g/mol. The fraction of sp³-hybridized carbons (Fsp3) is 0.750. The number of rotatable bonds is 12. The second-order valence-corrected chi connectivity index (χ2v) is 31.3. The molecule has 26 nitrogen and oxygen atoms in total. The van der Waals surface area contributed by atoms with E-state index in [4.69, 9.17) is 4.74 Å². The molecular formula is C76H124N12O14. The molecule has 0 bridgehead atoms. The van der Waals surface area contributed by atoms with Gasteiger partial charge in [0.15, 0.2) is 6.10 Å². The van der Waals surface area contributed by atoms with Crippen LogP contribution in [0.3, 0.4) is 0 Å². The summed E-state index contributed by atoms with van der Waals surface area (Å²) in [5.41, 5.74) is 0.724. The Labute approximate surface area is 607 Å². The quantitative estimate of drug-likeness (QED) is 0.233. The Hall–Kier alpha value is -7.67. The van der Waals surface area contributed by atoms with Crippen LogP contribution in [0, 0.1) is 47.3 Å². The number of nitrogens with one attached hydrogen (secondary N) is 3. The Bertz CT molecular complexity index is 3140. The molecule has 1 aromatic carbocycles. The normalized spacial score (nSPS) is 29.4. The van der Waals surface area contributed by atoms with Crippen molar-refractivity contribution < 1.29 is 67.1 Å². The van der Waals surface area contributed by atoms with Crippen LogP contribution in [0.5, 0.6) is 0 Å². The van der Waals surface area contributed by atoms with Gasteiger partial charge in [-0.05, 0) is 106 Å². The van der Waals surface area contributed by atoms with Crippen LogP contribution in [-0.2, 0) is 73.5 Å². The van der Waals surface area contributed by atoms with Crippen LogP contribution in [0.4, 0.5) is 0 Å². The zero-order valence-electron chi connectivity index (χ0n) is 65.4. The van der Waals surface area contributed by atoms with Crippen LogP contribution in [0.15, 0.2) is 30.3 Å². The number of cyclic esters (lactones) is 1. The van der Waals surface area contributed by atoms with Crippen LogP contribution in [-0.4, -0.2) is 261 Å². The van der Waals surface area contributed by atoms with Gasteiger partial charge in [-0.2, -0.15) is 0 Å². The molecule has 4 fully saturated rings. The summed E-state index contributed by atoms with van der Waals surface area (Å²) in [6, 6.07) is -4.14. The molecule has 4 heterocycles. The Morgan fingerprint density at radius 3 is 1.26 bits per heavy atom. The molecule has 0 radical (unpaired) electrons. The molecule has 0 saturated carbocycles. The van der Waals surface area contributed by atoms with Gasteiger partial charge in [0.05, 0.1) is 5.92 Å². The number of hydrogen-bond acceptors (Lipinski definition) is 14. The molecule has 0 aliphatic carbocycles. The third kappa shape index (κ3) is 19.4. The Balaban J connectivity index is 1.61. The van der Waals surface area contributed by atoms with Crippen molar-refractivity contribution in [1.82, 2.24) is 60.0 Å². The SMILES string of the molecule is CCCC1NC(=O)[C@H](Cc2ccccc2)N(C)C(=O)[C@@H]2CCCN2C(=O)[C@H](C(C)C)N(C)C(=O)[C@@H]2CCCN2C(=O)[C@H]([C@@H](C)CC)NC(=O)[C@H](C(C)C)N(C)C(=O)[C@@H]2CCCN2C(=O)[C@H](C(C)C)N(C)C(=O)C(C(C)C)N(C)C(=O)[C@H](C(C)C)NC(=O)[C@H](C)N(C)C(=O)[C@@H](C(C)C)OC(=O)C1C. The lowest BCUT2D eigenvalue weighted by atomic mass is 9.94. The fourth-order valence-corrected chi connectivity index (χ4v) is 15.3. The van der Waals surface area contributed by atoms with Crippen molar-refractivity contribution in [2.45, 2.75) is 261 Å². The number of carbonyl (C=O) groups is 13. The van der Waals surface area contributed by atoms with Crippen molar-refractivity contribution in [3.63, 3.8) is 0 Å². The smallest absolute Gasteiger partial charge is 0.311 e. The van der Waals surface area contributed by atoms with E-state index >= 15 is 38.4 Å². The van der Waals surface area contributed by atoms with Crippen LogP contribution in [0.1, 0.15) is 181 Å². The summed E-state index contributed by atoms with van der Waals surface area (Å²) in [6.45, 7) is 30.2. The summed E-state index contributed by atoms with van der Waals surface area (Å²) < 4.78 is 6.07. The van der Waals surface area contributed by atoms with Gasteiger partial charge >= 0.3 is 5.97 Å². The van der Waals surface area contributed by atoms with Crippen molar-refractivity contribution in [1.29, 1.82) is 0 Å². The van der Waals surface area contributed by atoms with E-state index in [2.05, 4.69) is 16.0 Å². The number of hydrogen-bond donors (Lipinski definition) is 3. The lowest BCUT2D eigenvalue weighted by Gasteiger charge is -2.41. The molecule has 26 heteroatoms. The molecule has 15 atom stereocenters. The van der Waals surface area contributed by atoms with Crippen molar-refractivity contribution in [2.75, 3.05) is 61.9 Å². The minimum absolute atomic E-state index is 0.0497. The van der Waals surface area contributed by atoms with Crippen molar-refractivity contribution in [3.05, 3.63) is 35.9 Å². The van der Waals surface area contributed by atoms with Crippen LogP contribution < -0.4 is 16.0 Å². The molecule has 4 aliphatic heterocycles. The molecule has 5 rings (SSSR count). The Kier molecular flexibility index (Phi) is 31.0. The summed E-state index contributed by atoms with van der Waals surface area (Å²) in [5.74, 6) is -12.4. The number of likely N-dealkylation sites (N-methyl/N-ethyl adjacent to an activating group) is 6. The summed E-state index contributed by atoms with van der Waals surface area (Å²) in [5, 5.41) is 8.91. The minimum Gasteiger partial charge on any atom is -0.452 e. The highest BCUT2D eigenvalue weighted by molar-refractivity contribution is 6.00. The first-order valence-electron chi connectivity index (χ1n) is 37.4. The molecule has 3 N–H and O–H groups in total. The van der Waals surface area contributed by atoms with E-state index in [1.807, 2.05) is 51.1 Å². The van der Waals surface area contributed by atoms with Crippen LogP contribution in [0.2, 0.25) is 0 Å². The highest BCUT2D eigenvalue weighted by Crippen LogP contribution is 2.32. The van der Waals surface area contributed by atoms with Gasteiger partial charge in [-0.1, -0.05) is 147 Å². The molecule has 572 valence electrons. The fourth-order valence-electron chi connectivity index (χ4n) is 15.3. The Morgan fingerprint density at radius 2 is 0.833 bits per heavy atom. The van der Waals surface area contributed by atoms with Crippen molar-refractivity contribution in [2.24, 2.45) is 47.3 Å². The molecule has 4 aliphatic rings. The van der Waals surface area contributed by atoms with Gasteiger partial charge in [-0.25, -0.2) is 0 Å². The van der Waals surface area contributed by atoms with Crippen LogP contribution in [0.25, 0.3) is 0 Å². The predicted molar refractivity (Wildman–Crippen MR) is 388 cm³/mol. The number of carbonyl (C=O) groups excluding carboxylic acids is 13. The third-order valence-corrected chi connectivity index (χ3v) is 21.8. The zero-order valence-corrected chi connectivity index (χ0v) is 65.4. The lowest BCUT2D eigenvalue weighted by Crippen LogP contribution is -2.63. The molecule has 12 amide bonds. The van der Waals surface area contributed by atoms with Crippen LogP contribution >= 0.6 is 0 Å². The summed E-state index contributed by atoms with van der Waals surface area (Å²) in [6.07, 6.45) is 1.98. The van der Waals surface area contributed by atoms with E-state index in [1.54, 1.807) is 90.0 Å². The highest BCUT2D eigenvalue weighted by atomic mass is 16.5. The van der Waals surface area contributed by atoms with Gasteiger partial charge in [0.1, 0.15) is 66.5 Å². The maximum atomic E-state index is 15.3. The molecule has 0 spiro atoms. The monoisotopic (exact) mass is 1430 g/mol. The number of ether oxygens (including phenoxy) is 1. The number of amides is 12. The Morgan fingerprint density at radius 1 is 0.422 bits per heavy atom. The van der Waals surface area contributed by atoms with E-state index in [9.17, 15) is 24.0 Å². The van der Waals surface area contributed by atoms with Gasteiger partial charge in [0.2, 0.25) is 65.0 Å². The maximum absolute atomic E-state index is 15.3. The summed E-state index contributed by atoms with van der Waals surface area (Å²) in [7, 11) is 8.86. The molecule has 3 unspecified atom stereocenters. The number of benzene rings is 1. The van der Waals surface area contributed by atoms with E-state index in [1.165, 1.54) is 88.4 Å². The second-order valence-electron chi connectivity index (χ2n) is 31.3. The third-order valence-electron chi connectivity index (χ3n) is 21.8. The topological polar surface area (TPSA) is 296 Å². The largest absolute Gasteiger partial charge is 0.452 e. The first-order chi connectivity index (χ1) is 47.7. The van der Waals surface area contributed by atoms with Gasteiger partial charge in [0, 0.05) is 74.4 Å². The predicted octanol–water partition coefficient (Wildman–Crippen LogP) is 4.98. The summed E-state index contributed by atoms with van der Waals surface area (Å²) >= 11 is 0. The number of esters is 1. The number of fused-ring (bicyclic) bond motifs is 3. The highest BCUT2D eigenvalue weighted by Gasteiger charge is 2.50. The number of nitrogens with zero attached hydrogens (tertiary/aromatic N) is 9. The zero-order chi connectivity index (χ0) is 77.0. The van der Waals surface area contributed by atoms with E-state index in [-0.39, 0.29) is 51.7 Å². The van der Waals surface area contributed by atoms with E-state index in [0.29, 0.717) is 32.1 Å². The second kappa shape index (κ2) is 37.2. The summed E-state index contributed by atoms with van der Waals surface area (Å²) in [4.78, 5) is 207. The average molecular weight is 1430 g/mol. The van der Waals surface area contributed by atoms with Gasteiger partial charge in [-0.15, -0.1) is 0 Å². The molecule has 0 aromatic heterocycles. The molecule has 4 saturated heterocycles. The lowest BCUT2D eigenvalue weighted by molar-refractivity contribution is -0.168.